The van der Waals surface area contributed by atoms with E-state index in [2.05, 4.69) is 5.10 Å². The molecular weight excluding hydrogens is 344 g/mol. The van der Waals surface area contributed by atoms with E-state index < -0.39 is 11.9 Å². The van der Waals surface area contributed by atoms with Gasteiger partial charge in [-0.05, 0) is 18.2 Å². The normalized spacial score (nSPS) is 19.4. The second kappa shape index (κ2) is 6.75. The molecule has 1 aliphatic rings. The Morgan fingerprint density at radius 2 is 1.81 bits per heavy atom. The van der Waals surface area contributed by atoms with Crippen molar-refractivity contribution in [2.24, 2.45) is 12.8 Å². The summed E-state index contributed by atoms with van der Waals surface area (Å²) in [5.74, 6) is -0.152. The van der Waals surface area contributed by atoms with Crippen molar-refractivity contribution in [2.45, 2.75) is 18.6 Å². The molecule has 2 amide bonds. The molecule has 0 aliphatic carbocycles. The Bertz CT molecular complexity index is 999. The summed E-state index contributed by atoms with van der Waals surface area (Å²) in [5, 5.41) is 5.12. The van der Waals surface area contributed by atoms with Crippen LogP contribution in [0.25, 0.3) is 10.9 Å². The number of rotatable bonds is 4. The molecule has 3 aromatic rings. The summed E-state index contributed by atoms with van der Waals surface area (Å²) in [6.45, 7) is 0.284. The molecule has 2 unspecified atom stereocenters. The number of aryl methyl sites for hydroxylation is 1. The molecule has 0 saturated carbocycles. The number of carbonyl (C=O) groups excluding carboxylic acids is 2. The van der Waals surface area contributed by atoms with E-state index in [1.165, 1.54) is 4.90 Å². The van der Waals surface area contributed by atoms with Crippen LogP contribution in [0.3, 0.4) is 0 Å². The predicted molar refractivity (Wildman–Crippen MR) is 100 cm³/mol. The van der Waals surface area contributed by atoms with E-state index in [1.807, 2.05) is 54.6 Å². The average molecular weight is 364 g/mol. The zero-order chi connectivity index (χ0) is 19.0. The molecule has 2 aromatic carbocycles. The zero-order valence-corrected chi connectivity index (χ0v) is 14.9. The van der Waals surface area contributed by atoms with Crippen LogP contribution in [-0.2, 0) is 11.8 Å². The number of para-hydroxylation sites is 2. The lowest BCUT2D eigenvalue weighted by molar-refractivity contribution is -0.121. The number of nitrogens with zero attached hydrogens (tertiary/aromatic N) is 3. The van der Waals surface area contributed by atoms with Crippen molar-refractivity contribution in [3.8, 4) is 5.75 Å². The van der Waals surface area contributed by atoms with E-state index in [0.717, 1.165) is 10.9 Å². The maximum absolute atomic E-state index is 13.2. The highest BCUT2D eigenvalue weighted by Crippen LogP contribution is 2.26. The third kappa shape index (κ3) is 3.12. The van der Waals surface area contributed by atoms with Crippen molar-refractivity contribution in [1.82, 2.24) is 14.7 Å². The summed E-state index contributed by atoms with van der Waals surface area (Å²) in [5.41, 5.74) is 6.74. The topological polar surface area (TPSA) is 90.4 Å². The summed E-state index contributed by atoms with van der Waals surface area (Å²) < 4.78 is 7.60. The number of primary amides is 1. The molecule has 1 aliphatic heterocycles. The van der Waals surface area contributed by atoms with Gasteiger partial charge in [-0.3, -0.25) is 14.3 Å². The van der Waals surface area contributed by atoms with Gasteiger partial charge in [0.2, 0.25) is 5.91 Å². The lowest BCUT2D eigenvalue weighted by atomic mass is 10.1. The fourth-order valence-electron chi connectivity index (χ4n) is 3.58. The minimum absolute atomic E-state index is 0.284. The first-order valence-electron chi connectivity index (χ1n) is 8.78. The molecule has 27 heavy (non-hydrogen) atoms. The van der Waals surface area contributed by atoms with Crippen molar-refractivity contribution >= 4 is 22.7 Å². The Hall–Kier alpha value is -3.35. The zero-order valence-electron chi connectivity index (χ0n) is 14.9. The Labute approximate surface area is 156 Å². The van der Waals surface area contributed by atoms with Crippen LogP contribution in [0.5, 0.6) is 5.75 Å². The molecule has 1 aromatic heterocycles. The number of aromatic nitrogens is 2. The van der Waals surface area contributed by atoms with Gasteiger partial charge in [0.25, 0.3) is 5.91 Å². The number of hydrogen-bond acceptors (Lipinski definition) is 4. The number of amides is 2. The van der Waals surface area contributed by atoms with E-state index in [-0.39, 0.29) is 18.6 Å². The standard InChI is InChI=1S/C20H20N4O3/c1-23-16-10-6-5-9-15(16)18(22-23)20(26)24-12-14(11-17(24)19(21)25)27-13-7-3-2-4-8-13/h2-10,14,17H,11-12H2,1H3,(H2,21,25). The van der Waals surface area contributed by atoms with Gasteiger partial charge in [-0.25, -0.2) is 0 Å². The molecule has 0 spiro atoms. The molecular formula is C20H20N4O3. The number of hydrogen-bond donors (Lipinski definition) is 1. The first-order valence-corrected chi connectivity index (χ1v) is 8.78. The molecule has 2 heterocycles. The van der Waals surface area contributed by atoms with Gasteiger partial charge >= 0.3 is 0 Å². The Morgan fingerprint density at radius 3 is 2.56 bits per heavy atom. The second-order valence-corrected chi connectivity index (χ2v) is 6.65. The van der Waals surface area contributed by atoms with Crippen LogP contribution in [0.15, 0.2) is 54.6 Å². The second-order valence-electron chi connectivity index (χ2n) is 6.65. The van der Waals surface area contributed by atoms with Gasteiger partial charge in [-0.1, -0.05) is 36.4 Å². The van der Waals surface area contributed by atoms with Crippen LogP contribution in [0.2, 0.25) is 0 Å². The third-order valence-electron chi connectivity index (χ3n) is 4.86. The lowest BCUT2D eigenvalue weighted by Crippen LogP contribution is -2.44. The summed E-state index contributed by atoms with van der Waals surface area (Å²) >= 11 is 0. The molecule has 1 saturated heterocycles. The maximum Gasteiger partial charge on any atom is 0.275 e. The highest BCUT2D eigenvalue weighted by Gasteiger charge is 2.41. The highest BCUT2D eigenvalue weighted by molar-refractivity contribution is 6.06. The Morgan fingerprint density at radius 1 is 1.11 bits per heavy atom. The van der Waals surface area contributed by atoms with Gasteiger partial charge in [-0.15, -0.1) is 0 Å². The van der Waals surface area contributed by atoms with Crippen LogP contribution in [0, 0.1) is 0 Å². The summed E-state index contributed by atoms with van der Waals surface area (Å²) in [6.07, 6.45) is 0.0598. The number of fused-ring (bicyclic) bond motifs is 1. The predicted octanol–water partition coefficient (Wildman–Crippen LogP) is 1.72. The SMILES string of the molecule is Cn1nc(C(=O)N2CC(Oc3ccccc3)CC2C(N)=O)c2ccccc21. The third-order valence-corrected chi connectivity index (χ3v) is 4.86. The number of benzene rings is 2. The molecule has 0 bridgehead atoms. The molecule has 2 N–H and O–H groups in total. The van der Waals surface area contributed by atoms with E-state index in [4.69, 9.17) is 10.5 Å². The fraction of sp³-hybridized carbons (Fsp3) is 0.250. The largest absolute Gasteiger partial charge is 0.488 e. The van der Waals surface area contributed by atoms with Gasteiger partial charge in [0.15, 0.2) is 5.69 Å². The van der Waals surface area contributed by atoms with Crippen molar-refractivity contribution in [1.29, 1.82) is 0 Å². The molecule has 2 atom stereocenters. The van der Waals surface area contributed by atoms with Crippen LogP contribution >= 0.6 is 0 Å². The van der Waals surface area contributed by atoms with Gasteiger partial charge in [0.1, 0.15) is 17.9 Å². The number of likely N-dealkylation sites (tertiary alicyclic amines) is 1. The molecule has 7 nitrogen and oxygen atoms in total. The first-order chi connectivity index (χ1) is 13.0. The summed E-state index contributed by atoms with van der Waals surface area (Å²) in [7, 11) is 1.79. The smallest absolute Gasteiger partial charge is 0.275 e. The highest BCUT2D eigenvalue weighted by atomic mass is 16.5. The fourth-order valence-corrected chi connectivity index (χ4v) is 3.58. The molecule has 0 radical (unpaired) electrons. The summed E-state index contributed by atoms with van der Waals surface area (Å²) in [6, 6.07) is 16.1. The van der Waals surface area contributed by atoms with E-state index in [9.17, 15) is 9.59 Å². The Balaban J connectivity index is 1.62. The van der Waals surface area contributed by atoms with E-state index in [1.54, 1.807) is 11.7 Å². The Kier molecular flexibility index (Phi) is 4.27. The van der Waals surface area contributed by atoms with Crippen molar-refractivity contribution in [3.05, 3.63) is 60.3 Å². The van der Waals surface area contributed by atoms with Gasteiger partial charge in [-0.2, -0.15) is 5.10 Å². The van der Waals surface area contributed by atoms with E-state index >= 15 is 0 Å². The minimum atomic E-state index is -0.716. The van der Waals surface area contributed by atoms with Crippen LogP contribution in [0.1, 0.15) is 16.9 Å². The number of carbonyl (C=O) groups is 2. The first kappa shape index (κ1) is 17.1. The maximum atomic E-state index is 13.2. The molecule has 1 fully saturated rings. The number of ether oxygens (including phenoxy) is 1. The monoisotopic (exact) mass is 364 g/mol. The average Bonchev–Trinajstić information content (AvgIpc) is 3.24. The van der Waals surface area contributed by atoms with Crippen LogP contribution in [0.4, 0.5) is 0 Å². The minimum Gasteiger partial charge on any atom is -0.488 e. The quantitative estimate of drug-likeness (QED) is 0.763. The van der Waals surface area contributed by atoms with Gasteiger partial charge in [0.05, 0.1) is 12.1 Å². The van der Waals surface area contributed by atoms with Crippen molar-refractivity contribution < 1.29 is 14.3 Å². The van der Waals surface area contributed by atoms with Crippen molar-refractivity contribution in [3.63, 3.8) is 0 Å². The molecule has 4 rings (SSSR count). The van der Waals surface area contributed by atoms with Gasteiger partial charge in [0, 0.05) is 18.9 Å². The summed E-state index contributed by atoms with van der Waals surface area (Å²) in [4.78, 5) is 26.6. The van der Waals surface area contributed by atoms with E-state index in [0.29, 0.717) is 17.9 Å². The van der Waals surface area contributed by atoms with Gasteiger partial charge < -0.3 is 15.4 Å². The van der Waals surface area contributed by atoms with Crippen LogP contribution < -0.4 is 10.5 Å². The lowest BCUT2D eigenvalue weighted by Gasteiger charge is -2.21. The molecule has 7 heteroatoms. The number of nitrogens with two attached hydrogens (primary N) is 1. The molecule has 138 valence electrons. The van der Waals surface area contributed by atoms with Crippen LogP contribution in [-0.4, -0.2) is 45.2 Å². The van der Waals surface area contributed by atoms with Crippen molar-refractivity contribution in [2.75, 3.05) is 6.54 Å².